The molecule has 0 saturated heterocycles. The van der Waals surface area contributed by atoms with E-state index < -0.39 is 52.0 Å². The van der Waals surface area contributed by atoms with Crippen molar-refractivity contribution in [1.29, 1.82) is 0 Å². The first-order chi connectivity index (χ1) is 20.2. The van der Waals surface area contributed by atoms with E-state index in [2.05, 4.69) is 6.92 Å². The minimum Gasteiger partial charge on any atom is -0.481 e. The number of aliphatic hydroxyl groups is 2. The van der Waals surface area contributed by atoms with Crippen molar-refractivity contribution in [2.24, 2.45) is 28.6 Å². The summed E-state index contributed by atoms with van der Waals surface area (Å²) in [6, 6.07) is 0. The number of carboxylic acids is 2. The number of hydrogen-bond acceptors (Lipinski definition) is 10. The molecule has 5 aliphatic rings. The first-order valence-corrected chi connectivity index (χ1v) is 15.3. The van der Waals surface area contributed by atoms with Crippen LogP contribution in [0.15, 0.2) is 11.6 Å². The normalized spacial score (nSPS) is 39.9. The number of esters is 3. The predicted molar refractivity (Wildman–Crippen MR) is 146 cm³/mol. The van der Waals surface area contributed by atoms with E-state index in [1.165, 1.54) is 0 Å². The second kappa shape index (κ2) is 11.5. The quantitative estimate of drug-likeness (QED) is 0.210. The zero-order chi connectivity index (χ0) is 31.2. The van der Waals surface area contributed by atoms with Crippen molar-refractivity contribution in [1.82, 2.24) is 0 Å². The SMILES string of the molecule is C[C@]12CC[C@@H]3[C@H](CC[C@]4(O)C[C@H](OC(=O)CCC(=O)O)CC[C@]34COC(=O)CCC(=O)O)[C@]1(O)CC[C@H]2C1=CC(=O)OC1. The summed E-state index contributed by atoms with van der Waals surface area (Å²) in [5, 5.41) is 42.8. The molecule has 0 bridgehead atoms. The van der Waals surface area contributed by atoms with Gasteiger partial charge in [-0.05, 0) is 74.7 Å². The predicted octanol–water partition coefficient (Wildman–Crippen LogP) is 2.52. The molecule has 0 radical (unpaired) electrons. The molecule has 4 N–H and O–H groups in total. The lowest BCUT2D eigenvalue weighted by Crippen LogP contribution is -2.69. The summed E-state index contributed by atoms with van der Waals surface area (Å²) < 4.78 is 16.5. The molecule has 43 heavy (non-hydrogen) atoms. The van der Waals surface area contributed by atoms with Crippen LogP contribution in [0.2, 0.25) is 0 Å². The summed E-state index contributed by atoms with van der Waals surface area (Å²) in [6.45, 7) is 2.16. The summed E-state index contributed by atoms with van der Waals surface area (Å²) in [6.07, 6.45) is 3.66. The Hall–Kier alpha value is -2.99. The lowest BCUT2D eigenvalue weighted by Gasteiger charge is -2.66. The molecule has 8 atom stereocenters. The molecule has 4 fully saturated rings. The van der Waals surface area contributed by atoms with Crippen molar-refractivity contribution in [3.63, 3.8) is 0 Å². The van der Waals surface area contributed by atoms with Gasteiger partial charge in [-0.1, -0.05) is 6.92 Å². The highest BCUT2D eigenvalue weighted by Crippen LogP contribution is 2.70. The number of hydrogen-bond donors (Lipinski definition) is 4. The molecule has 4 saturated carbocycles. The number of ether oxygens (including phenoxy) is 3. The lowest BCUT2D eigenvalue weighted by atomic mass is 9.41. The molecule has 238 valence electrons. The van der Waals surface area contributed by atoms with Gasteiger partial charge in [0.1, 0.15) is 12.7 Å². The number of carboxylic acid groups (broad SMARTS) is 2. The number of carbonyl (C=O) groups excluding carboxylic acids is 3. The minimum absolute atomic E-state index is 0.0172. The van der Waals surface area contributed by atoms with Crippen molar-refractivity contribution in [3.05, 3.63) is 11.6 Å². The highest BCUT2D eigenvalue weighted by molar-refractivity contribution is 5.85. The fourth-order valence-corrected chi connectivity index (χ4v) is 9.51. The van der Waals surface area contributed by atoms with Crippen LogP contribution >= 0.6 is 0 Å². The Labute approximate surface area is 249 Å². The molecule has 1 heterocycles. The smallest absolute Gasteiger partial charge is 0.331 e. The Morgan fingerprint density at radius 2 is 1.56 bits per heavy atom. The number of cyclic esters (lactones) is 1. The maximum absolute atomic E-state index is 12.6. The molecule has 12 nitrogen and oxygen atoms in total. The molecular weight excluding hydrogens is 564 g/mol. The molecule has 0 amide bonds. The Balaban J connectivity index is 1.41. The summed E-state index contributed by atoms with van der Waals surface area (Å²) in [4.78, 5) is 58.7. The molecule has 4 aliphatic carbocycles. The second-order valence-corrected chi connectivity index (χ2v) is 13.5. The Bertz CT molecular complexity index is 1210. The maximum Gasteiger partial charge on any atom is 0.331 e. The topological polar surface area (TPSA) is 194 Å². The van der Waals surface area contributed by atoms with Gasteiger partial charge in [-0.15, -0.1) is 0 Å². The number of rotatable bonds is 10. The number of fused-ring (bicyclic) bond motifs is 5. The molecule has 0 unspecified atom stereocenters. The largest absolute Gasteiger partial charge is 0.481 e. The highest BCUT2D eigenvalue weighted by atomic mass is 16.5. The average Bonchev–Trinajstić information content (AvgIpc) is 3.49. The van der Waals surface area contributed by atoms with Crippen molar-refractivity contribution < 1.29 is 58.6 Å². The van der Waals surface area contributed by atoms with Gasteiger partial charge in [0.2, 0.25) is 0 Å². The van der Waals surface area contributed by atoms with Gasteiger partial charge in [0.15, 0.2) is 0 Å². The van der Waals surface area contributed by atoms with Gasteiger partial charge in [0.25, 0.3) is 0 Å². The molecule has 0 aromatic rings. The first-order valence-electron chi connectivity index (χ1n) is 15.3. The monoisotopic (exact) mass is 606 g/mol. The van der Waals surface area contributed by atoms with Gasteiger partial charge in [0.05, 0.1) is 43.5 Å². The van der Waals surface area contributed by atoms with E-state index in [0.717, 1.165) is 5.57 Å². The van der Waals surface area contributed by atoms with Crippen LogP contribution in [0.25, 0.3) is 0 Å². The molecular formula is C31H42O12. The van der Waals surface area contributed by atoms with Crippen LogP contribution in [-0.2, 0) is 38.2 Å². The second-order valence-electron chi connectivity index (χ2n) is 13.5. The van der Waals surface area contributed by atoms with E-state index in [9.17, 15) is 34.2 Å². The minimum atomic E-state index is -1.40. The molecule has 1 aliphatic heterocycles. The van der Waals surface area contributed by atoms with E-state index >= 15 is 0 Å². The van der Waals surface area contributed by atoms with E-state index in [1.807, 2.05) is 0 Å². The van der Waals surface area contributed by atoms with Gasteiger partial charge in [-0.25, -0.2) is 4.79 Å². The van der Waals surface area contributed by atoms with E-state index in [4.69, 9.17) is 24.4 Å². The zero-order valence-corrected chi connectivity index (χ0v) is 24.5. The lowest BCUT2D eigenvalue weighted by molar-refractivity contribution is -0.272. The average molecular weight is 607 g/mol. The zero-order valence-electron chi connectivity index (χ0n) is 24.5. The summed E-state index contributed by atoms with van der Waals surface area (Å²) in [5.74, 6) is -4.39. The van der Waals surface area contributed by atoms with Crippen molar-refractivity contribution >= 4 is 29.8 Å². The van der Waals surface area contributed by atoms with Crippen LogP contribution in [0.1, 0.15) is 90.4 Å². The van der Waals surface area contributed by atoms with Gasteiger partial charge in [0, 0.05) is 23.3 Å². The highest BCUT2D eigenvalue weighted by Gasteiger charge is 2.71. The van der Waals surface area contributed by atoms with Crippen molar-refractivity contribution in [2.45, 2.75) is 108 Å². The van der Waals surface area contributed by atoms with Crippen LogP contribution in [0, 0.1) is 28.6 Å². The van der Waals surface area contributed by atoms with Crippen LogP contribution in [-0.4, -0.2) is 80.8 Å². The Morgan fingerprint density at radius 3 is 2.21 bits per heavy atom. The molecule has 5 rings (SSSR count). The third-order valence-electron chi connectivity index (χ3n) is 11.6. The van der Waals surface area contributed by atoms with Gasteiger partial charge >= 0.3 is 29.8 Å². The van der Waals surface area contributed by atoms with E-state index in [-0.39, 0.29) is 75.5 Å². The third kappa shape index (κ3) is 5.45. The van der Waals surface area contributed by atoms with Crippen molar-refractivity contribution in [3.8, 4) is 0 Å². The van der Waals surface area contributed by atoms with E-state index in [1.54, 1.807) is 6.08 Å². The standard InChI is InChI=1S/C31H42O12/c1-28-10-7-21-22(31(28,40)13-9-20(28)18-14-27(38)41-16-18)8-12-30(39)15-19(43-26(37)5-3-24(34)35)6-11-29(21,30)17-42-25(36)4-2-23(32)33/h14,19-22,39-40H,2-13,15-17H2,1H3,(H,32,33)(H,34,35)/t19-,20+,21-,22+,28-,29+,30+,31-/m1/s1. The first kappa shape index (κ1) is 31.4. The van der Waals surface area contributed by atoms with Crippen LogP contribution in [0.3, 0.4) is 0 Å². The summed E-state index contributed by atoms with van der Waals surface area (Å²) >= 11 is 0. The summed E-state index contributed by atoms with van der Waals surface area (Å²) in [5.41, 5.74) is -3.05. The molecule has 0 aromatic carbocycles. The summed E-state index contributed by atoms with van der Waals surface area (Å²) in [7, 11) is 0. The Morgan fingerprint density at radius 1 is 0.884 bits per heavy atom. The third-order valence-corrected chi connectivity index (χ3v) is 11.6. The molecule has 0 aromatic heterocycles. The number of aliphatic carboxylic acids is 2. The fraction of sp³-hybridized carbons (Fsp3) is 0.774. The number of carbonyl (C=O) groups is 5. The molecule has 12 heteroatoms. The van der Waals surface area contributed by atoms with Gasteiger partial charge in [-0.3, -0.25) is 19.2 Å². The van der Waals surface area contributed by atoms with Gasteiger partial charge < -0.3 is 34.6 Å². The Kier molecular flexibility index (Phi) is 8.41. The van der Waals surface area contributed by atoms with Gasteiger partial charge in [-0.2, -0.15) is 0 Å². The van der Waals surface area contributed by atoms with Crippen molar-refractivity contribution in [2.75, 3.05) is 13.2 Å². The van der Waals surface area contributed by atoms with Crippen LogP contribution in [0.5, 0.6) is 0 Å². The fourth-order valence-electron chi connectivity index (χ4n) is 9.51. The van der Waals surface area contributed by atoms with E-state index in [0.29, 0.717) is 44.9 Å². The van der Waals surface area contributed by atoms with Crippen LogP contribution in [0.4, 0.5) is 0 Å². The molecule has 0 spiro atoms. The van der Waals surface area contributed by atoms with Crippen LogP contribution < -0.4 is 0 Å². The maximum atomic E-state index is 12.6.